The molecule has 2 aromatic rings. The number of nitrogens with two attached hydrogens (primary N) is 1. The molecule has 1 amide bonds. The molecule has 33 heavy (non-hydrogen) atoms. The van der Waals surface area contributed by atoms with E-state index in [4.69, 9.17) is 34.3 Å². The molecule has 2 aromatic carbocycles. The van der Waals surface area contributed by atoms with Crippen molar-refractivity contribution < 1.29 is 19.5 Å². The number of benzene rings is 2. The normalized spacial score (nSPS) is 11.5. The van der Waals surface area contributed by atoms with Crippen LogP contribution in [0.15, 0.2) is 48.5 Å². The number of aliphatic carboxylic acids is 1. The second-order valence-corrected chi connectivity index (χ2v) is 7.96. The number of hydrogen-bond donors (Lipinski definition) is 5. The second kappa shape index (κ2) is 12.8. The maximum absolute atomic E-state index is 13.0. The van der Waals surface area contributed by atoms with Crippen LogP contribution in [0.5, 0.6) is 0 Å². The van der Waals surface area contributed by atoms with Gasteiger partial charge in [0.15, 0.2) is 11.7 Å². The molecule has 176 valence electrons. The lowest BCUT2D eigenvalue weighted by Gasteiger charge is -2.29. The van der Waals surface area contributed by atoms with Crippen molar-refractivity contribution in [2.24, 2.45) is 5.73 Å². The van der Waals surface area contributed by atoms with Crippen LogP contribution in [0, 0.1) is 5.41 Å². The number of nitrogens with zero attached hydrogens (tertiary/aromatic N) is 1. The summed E-state index contributed by atoms with van der Waals surface area (Å²) in [6.45, 7) is 0.342. The minimum atomic E-state index is -1.25. The molecule has 0 aliphatic rings. The van der Waals surface area contributed by atoms with E-state index in [9.17, 15) is 19.5 Å². The number of nitrogens with one attached hydrogen (secondary N) is 3. The van der Waals surface area contributed by atoms with Crippen LogP contribution < -0.4 is 16.5 Å². The van der Waals surface area contributed by atoms with Crippen LogP contribution in [0.3, 0.4) is 0 Å². The lowest BCUT2D eigenvalue weighted by atomic mass is 10.1. The number of carboxylic acid groups (broad SMARTS) is 1. The Balaban J connectivity index is 2.18. The SMILES string of the molecule is N=C(N)NCCC[C@@H](C(=O)O)N(NCc1ccc(Cl)c(Cl)c1)C(=O)CC(=O)c1ccccc1. The van der Waals surface area contributed by atoms with Crippen molar-refractivity contribution >= 4 is 46.8 Å². The third-order valence-corrected chi connectivity index (χ3v) is 5.42. The molecule has 9 nitrogen and oxygen atoms in total. The molecule has 0 bridgehead atoms. The van der Waals surface area contributed by atoms with E-state index in [0.717, 1.165) is 5.01 Å². The second-order valence-electron chi connectivity index (χ2n) is 7.15. The van der Waals surface area contributed by atoms with Crippen LogP contribution >= 0.6 is 23.2 Å². The fourth-order valence-corrected chi connectivity index (χ4v) is 3.35. The number of carbonyl (C=O) groups excluding carboxylic acids is 2. The Morgan fingerprint density at radius 3 is 2.39 bits per heavy atom. The summed E-state index contributed by atoms with van der Waals surface area (Å²) in [5.74, 6) is -2.58. The smallest absolute Gasteiger partial charge is 0.328 e. The summed E-state index contributed by atoms with van der Waals surface area (Å²) in [4.78, 5) is 37.6. The van der Waals surface area contributed by atoms with Gasteiger partial charge in [0.05, 0.1) is 16.5 Å². The van der Waals surface area contributed by atoms with Crippen molar-refractivity contribution in [1.82, 2.24) is 15.8 Å². The molecular weight excluding hydrogens is 469 g/mol. The van der Waals surface area contributed by atoms with E-state index < -0.39 is 30.1 Å². The highest BCUT2D eigenvalue weighted by Crippen LogP contribution is 2.22. The highest BCUT2D eigenvalue weighted by molar-refractivity contribution is 6.42. The average molecular weight is 494 g/mol. The number of carbonyl (C=O) groups is 3. The molecule has 0 aliphatic heterocycles. The zero-order valence-electron chi connectivity index (χ0n) is 17.7. The first-order valence-electron chi connectivity index (χ1n) is 10.1. The molecule has 0 heterocycles. The fraction of sp³-hybridized carbons (Fsp3) is 0.273. The predicted octanol–water partition coefficient (Wildman–Crippen LogP) is 2.82. The van der Waals surface area contributed by atoms with Crippen LogP contribution in [0.4, 0.5) is 0 Å². The van der Waals surface area contributed by atoms with Gasteiger partial charge in [0.2, 0.25) is 5.91 Å². The lowest BCUT2D eigenvalue weighted by Crippen LogP contribution is -2.53. The summed E-state index contributed by atoms with van der Waals surface area (Å²) >= 11 is 12.0. The number of halogens is 2. The standard InChI is InChI=1S/C22H25Cl2N5O4/c23-16-9-8-14(11-17(16)24)13-28-29(18(21(32)33)7-4-10-27-22(25)26)20(31)12-19(30)15-5-2-1-3-6-15/h1-3,5-6,8-9,11,18,28H,4,7,10,12-13H2,(H,32,33)(H4,25,26,27)/t18-/m0/s1. The Kier molecular flexibility index (Phi) is 10.1. The van der Waals surface area contributed by atoms with Gasteiger partial charge >= 0.3 is 5.97 Å². The van der Waals surface area contributed by atoms with Crippen molar-refractivity contribution in [2.75, 3.05) is 6.54 Å². The Morgan fingerprint density at radius 1 is 1.09 bits per heavy atom. The molecule has 0 aliphatic carbocycles. The summed E-state index contributed by atoms with van der Waals surface area (Å²) in [7, 11) is 0. The number of guanidine groups is 1. The maximum Gasteiger partial charge on any atom is 0.328 e. The minimum absolute atomic E-state index is 0.0647. The van der Waals surface area contributed by atoms with Gasteiger partial charge in [-0.3, -0.25) is 20.0 Å². The molecule has 0 aromatic heterocycles. The van der Waals surface area contributed by atoms with E-state index in [0.29, 0.717) is 27.6 Å². The molecule has 0 spiro atoms. The van der Waals surface area contributed by atoms with Gasteiger partial charge in [-0.1, -0.05) is 59.6 Å². The van der Waals surface area contributed by atoms with Gasteiger partial charge in [0.25, 0.3) is 0 Å². The van der Waals surface area contributed by atoms with Crippen molar-refractivity contribution in [1.29, 1.82) is 5.41 Å². The highest BCUT2D eigenvalue weighted by Gasteiger charge is 2.30. The molecule has 0 fully saturated rings. The first-order valence-corrected chi connectivity index (χ1v) is 10.8. The van der Waals surface area contributed by atoms with E-state index in [2.05, 4.69) is 10.7 Å². The van der Waals surface area contributed by atoms with Crippen LogP contribution in [-0.4, -0.2) is 46.3 Å². The average Bonchev–Trinajstić information content (AvgIpc) is 2.77. The Bertz CT molecular complexity index is 1000. The number of Topliss-reactive ketones (excluding diaryl/α,β-unsaturated/α-hetero) is 1. The molecule has 11 heteroatoms. The van der Waals surface area contributed by atoms with Crippen molar-refractivity contribution in [2.45, 2.75) is 31.8 Å². The minimum Gasteiger partial charge on any atom is -0.480 e. The van der Waals surface area contributed by atoms with Gasteiger partial charge in [0.1, 0.15) is 6.04 Å². The van der Waals surface area contributed by atoms with Crippen LogP contribution in [0.2, 0.25) is 10.0 Å². The largest absolute Gasteiger partial charge is 0.480 e. The van der Waals surface area contributed by atoms with E-state index in [1.807, 2.05) is 0 Å². The fourth-order valence-electron chi connectivity index (χ4n) is 3.03. The summed E-state index contributed by atoms with van der Waals surface area (Å²) in [6.07, 6.45) is -0.121. The molecular formula is C22H25Cl2N5O4. The number of carboxylic acids is 1. The van der Waals surface area contributed by atoms with Crippen molar-refractivity contribution in [3.05, 3.63) is 69.7 Å². The molecule has 0 radical (unpaired) electrons. The van der Waals surface area contributed by atoms with Gasteiger partial charge in [-0.25, -0.2) is 10.2 Å². The monoisotopic (exact) mass is 493 g/mol. The van der Waals surface area contributed by atoms with Gasteiger partial charge in [-0.2, -0.15) is 0 Å². The third kappa shape index (κ3) is 8.38. The summed E-state index contributed by atoms with van der Waals surface area (Å²) in [5.41, 5.74) is 9.10. The van der Waals surface area contributed by atoms with Crippen LogP contribution in [0.1, 0.15) is 35.2 Å². The van der Waals surface area contributed by atoms with Gasteiger partial charge < -0.3 is 16.2 Å². The Morgan fingerprint density at radius 2 is 1.79 bits per heavy atom. The number of ketones is 1. The van der Waals surface area contributed by atoms with Gasteiger partial charge in [0, 0.05) is 18.7 Å². The summed E-state index contributed by atoms with van der Waals surface area (Å²) in [5, 5.41) is 21.2. The Hall–Kier alpha value is -3.14. The first kappa shape index (κ1) is 26.1. The van der Waals surface area contributed by atoms with Gasteiger partial charge in [-0.05, 0) is 30.5 Å². The van der Waals surface area contributed by atoms with E-state index in [-0.39, 0.29) is 25.5 Å². The lowest BCUT2D eigenvalue weighted by molar-refractivity contribution is -0.153. The number of rotatable bonds is 12. The molecule has 6 N–H and O–H groups in total. The number of amides is 1. The van der Waals surface area contributed by atoms with E-state index >= 15 is 0 Å². The Labute approximate surface area is 201 Å². The van der Waals surface area contributed by atoms with Crippen molar-refractivity contribution in [3.8, 4) is 0 Å². The summed E-state index contributed by atoms with van der Waals surface area (Å²) < 4.78 is 0. The van der Waals surface area contributed by atoms with Crippen LogP contribution in [0.25, 0.3) is 0 Å². The third-order valence-electron chi connectivity index (χ3n) is 4.68. The predicted molar refractivity (Wildman–Crippen MR) is 126 cm³/mol. The highest BCUT2D eigenvalue weighted by atomic mass is 35.5. The number of hydrogen-bond acceptors (Lipinski definition) is 5. The molecule has 2 rings (SSSR count). The topological polar surface area (TPSA) is 149 Å². The maximum atomic E-state index is 13.0. The zero-order chi connectivity index (χ0) is 24.4. The molecule has 0 saturated heterocycles. The quantitative estimate of drug-likeness (QED) is 0.0761. The molecule has 0 saturated carbocycles. The molecule has 0 unspecified atom stereocenters. The van der Waals surface area contributed by atoms with Crippen LogP contribution in [-0.2, 0) is 16.1 Å². The zero-order valence-corrected chi connectivity index (χ0v) is 19.2. The van der Waals surface area contributed by atoms with Crippen molar-refractivity contribution in [3.63, 3.8) is 0 Å². The van der Waals surface area contributed by atoms with E-state index in [1.54, 1.807) is 48.5 Å². The van der Waals surface area contributed by atoms with E-state index in [1.165, 1.54) is 0 Å². The number of hydrazine groups is 1. The summed E-state index contributed by atoms with van der Waals surface area (Å²) in [6, 6.07) is 11.9. The van der Waals surface area contributed by atoms with Gasteiger partial charge in [-0.15, -0.1) is 0 Å². The molecule has 1 atom stereocenters. The first-order chi connectivity index (χ1) is 15.7.